The van der Waals surface area contributed by atoms with E-state index in [0.717, 1.165) is 11.1 Å². The van der Waals surface area contributed by atoms with Crippen LogP contribution in [0.5, 0.6) is 0 Å². The molecule has 1 saturated heterocycles. The van der Waals surface area contributed by atoms with Gasteiger partial charge in [0.05, 0.1) is 18.5 Å². The van der Waals surface area contributed by atoms with Crippen molar-refractivity contribution < 1.29 is 17.7 Å². The smallest absolute Gasteiger partial charge is 0.253 e. The van der Waals surface area contributed by atoms with E-state index >= 15 is 0 Å². The van der Waals surface area contributed by atoms with Gasteiger partial charge in [-0.15, -0.1) is 0 Å². The Kier molecular flexibility index (Phi) is 6.10. The highest BCUT2D eigenvalue weighted by Crippen LogP contribution is 2.35. The number of anilines is 1. The fourth-order valence-corrected chi connectivity index (χ4v) is 6.13. The van der Waals surface area contributed by atoms with Gasteiger partial charge in [0.25, 0.3) is 5.91 Å². The van der Waals surface area contributed by atoms with E-state index in [1.54, 1.807) is 12.1 Å². The van der Waals surface area contributed by atoms with Crippen LogP contribution in [0.3, 0.4) is 0 Å². The standard InChI is InChI=1S/C25H29N5O4S/c1-17-4-6-19(7-5-17)24-26-23(34-27-24)16-28-10-12-29(13-11-28)25(31)20-8-9-22-21(15-20)14-18(2)30(22)35(3,32)33/h4-9,15,18H,10-14,16H2,1-3H3/t18-/m0/s1. The lowest BCUT2D eigenvalue weighted by atomic mass is 10.1. The molecule has 1 fully saturated rings. The average Bonchev–Trinajstić information content (AvgIpc) is 3.42. The number of benzene rings is 2. The van der Waals surface area contributed by atoms with Crippen LogP contribution in [0.1, 0.15) is 34.3 Å². The zero-order valence-electron chi connectivity index (χ0n) is 20.1. The normalized spacial score (nSPS) is 18.7. The van der Waals surface area contributed by atoms with Crippen LogP contribution in [-0.4, -0.2) is 72.7 Å². The van der Waals surface area contributed by atoms with Crippen molar-refractivity contribution in [3.8, 4) is 11.4 Å². The van der Waals surface area contributed by atoms with E-state index in [1.807, 2.05) is 49.1 Å². The van der Waals surface area contributed by atoms with Crippen molar-refractivity contribution in [3.63, 3.8) is 0 Å². The van der Waals surface area contributed by atoms with Crippen LogP contribution in [0.15, 0.2) is 47.0 Å². The summed E-state index contributed by atoms with van der Waals surface area (Å²) in [6, 6.07) is 13.2. The van der Waals surface area contributed by atoms with Crippen molar-refractivity contribution in [1.29, 1.82) is 0 Å². The predicted molar refractivity (Wildman–Crippen MR) is 133 cm³/mol. The first kappa shape index (κ1) is 23.5. The molecule has 35 heavy (non-hydrogen) atoms. The molecule has 0 bridgehead atoms. The number of sulfonamides is 1. The van der Waals surface area contributed by atoms with E-state index in [1.165, 1.54) is 16.1 Å². The number of carbonyl (C=O) groups is 1. The van der Waals surface area contributed by atoms with Gasteiger partial charge in [0.15, 0.2) is 0 Å². The van der Waals surface area contributed by atoms with E-state index < -0.39 is 10.0 Å². The highest BCUT2D eigenvalue weighted by molar-refractivity contribution is 7.92. The number of fused-ring (bicyclic) bond motifs is 1. The Morgan fingerprint density at radius 2 is 1.80 bits per heavy atom. The van der Waals surface area contributed by atoms with E-state index in [2.05, 4.69) is 15.0 Å². The molecule has 1 atom stereocenters. The second-order valence-corrected chi connectivity index (χ2v) is 11.3. The molecule has 9 nitrogen and oxygen atoms in total. The molecule has 0 radical (unpaired) electrons. The van der Waals surface area contributed by atoms with E-state index in [4.69, 9.17) is 4.52 Å². The van der Waals surface area contributed by atoms with Crippen LogP contribution in [-0.2, 0) is 23.0 Å². The molecule has 1 amide bonds. The Bertz CT molecular complexity index is 1340. The first-order chi connectivity index (χ1) is 16.7. The number of amides is 1. The molecule has 3 heterocycles. The summed E-state index contributed by atoms with van der Waals surface area (Å²) in [5, 5.41) is 4.10. The van der Waals surface area contributed by atoms with Crippen molar-refractivity contribution in [3.05, 3.63) is 65.0 Å². The maximum atomic E-state index is 13.1. The second kappa shape index (κ2) is 9.09. The molecular formula is C25H29N5O4S. The van der Waals surface area contributed by atoms with Crippen molar-refractivity contribution in [2.45, 2.75) is 32.9 Å². The quantitative estimate of drug-likeness (QED) is 0.537. The van der Waals surface area contributed by atoms with Crippen molar-refractivity contribution >= 4 is 21.6 Å². The number of rotatable bonds is 5. The Morgan fingerprint density at radius 3 is 2.49 bits per heavy atom. The summed E-state index contributed by atoms with van der Waals surface area (Å²) in [4.78, 5) is 21.7. The Balaban J connectivity index is 1.19. The first-order valence-electron chi connectivity index (χ1n) is 11.7. The van der Waals surface area contributed by atoms with Crippen LogP contribution < -0.4 is 4.31 Å². The Labute approximate surface area is 205 Å². The number of nitrogens with zero attached hydrogens (tertiary/aromatic N) is 5. The summed E-state index contributed by atoms with van der Waals surface area (Å²) >= 11 is 0. The zero-order valence-corrected chi connectivity index (χ0v) is 21.0. The molecular weight excluding hydrogens is 466 g/mol. The molecule has 0 saturated carbocycles. The molecule has 2 aliphatic rings. The molecule has 184 valence electrons. The minimum absolute atomic E-state index is 0.0302. The van der Waals surface area contributed by atoms with E-state index in [9.17, 15) is 13.2 Å². The maximum Gasteiger partial charge on any atom is 0.253 e. The summed E-state index contributed by atoms with van der Waals surface area (Å²) in [5.74, 6) is 1.11. The highest BCUT2D eigenvalue weighted by atomic mass is 32.2. The number of piperazine rings is 1. The van der Waals surface area contributed by atoms with Crippen LogP contribution in [0.4, 0.5) is 5.69 Å². The van der Waals surface area contributed by atoms with Gasteiger partial charge in [-0.1, -0.05) is 35.0 Å². The van der Waals surface area contributed by atoms with Crippen molar-refractivity contribution in [2.75, 3.05) is 36.7 Å². The molecule has 2 aromatic carbocycles. The average molecular weight is 496 g/mol. The lowest BCUT2D eigenvalue weighted by Gasteiger charge is -2.34. The first-order valence-corrected chi connectivity index (χ1v) is 13.6. The molecule has 2 aliphatic heterocycles. The number of carbonyl (C=O) groups excluding carboxylic acids is 1. The molecule has 10 heteroatoms. The summed E-state index contributed by atoms with van der Waals surface area (Å²) in [5.41, 5.74) is 4.26. The van der Waals surface area contributed by atoms with E-state index in [-0.39, 0.29) is 11.9 Å². The minimum atomic E-state index is -3.35. The minimum Gasteiger partial charge on any atom is -0.338 e. The number of hydrogen-bond donors (Lipinski definition) is 0. The van der Waals surface area contributed by atoms with Crippen molar-refractivity contribution in [1.82, 2.24) is 19.9 Å². The monoisotopic (exact) mass is 495 g/mol. The second-order valence-electron chi connectivity index (χ2n) is 9.40. The fraction of sp³-hybridized carbons (Fsp3) is 0.400. The zero-order chi connectivity index (χ0) is 24.7. The van der Waals surface area contributed by atoms with Gasteiger partial charge in [0, 0.05) is 43.3 Å². The van der Waals surface area contributed by atoms with Gasteiger partial charge in [0.2, 0.25) is 21.7 Å². The Hall–Kier alpha value is -3.24. The number of aromatic nitrogens is 2. The fourth-order valence-electron chi connectivity index (χ4n) is 4.86. The predicted octanol–water partition coefficient (Wildman–Crippen LogP) is 2.71. The topological polar surface area (TPSA) is 99.9 Å². The molecule has 0 unspecified atom stereocenters. The third kappa shape index (κ3) is 4.81. The largest absolute Gasteiger partial charge is 0.338 e. The number of hydrogen-bond acceptors (Lipinski definition) is 7. The van der Waals surface area contributed by atoms with Crippen LogP contribution in [0.25, 0.3) is 11.4 Å². The molecule has 3 aromatic rings. The lowest BCUT2D eigenvalue weighted by Crippen LogP contribution is -2.48. The number of aryl methyl sites for hydroxylation is 1. The summed E-state index contributed by atoms with van der Waals surface area (Å²) in [6.07, 6.45) is 1.82. The van der Waals surface area contributed by atoms with Gasteiger partial charge in [-0.25, -0.2) is 8.42 Å². The summed E-state index contributed by atoms with van der Waals surface area (Å²) in [7, 11) is -3.35. The summed E-state index contributed by atoms with van der Waals surface area (Å²) in [6.45, 7) is 7.07. The lowest BCUT2D eigenvalue weighted by molar-refractivity contribution is 0.0615. The summed E-state index contributed by atoms with van der Waals surface area (Å²) < 4.78 is 31.2. The van der Waals surface area contributed by atoms with E-state index in [0.29, 0.717) is 62.1 Å². The van der Waals surface area contributed by atoms with Gasteiger partial charge < -0.3 is 9.42 Å². The third-order valence-corrected chi connectivity index (χ3v) is 7.90. The molecule has 0 N–H and O–H groups in total. The van der Waals surface area contributed by atoms with Gasteiger partial charge in [-0.05, 0) is 44.0 Å². The molecule has 0 spiro atoms. The maximum absolute atomic E-state index is 13.1. The molecule has 0 aliphatic carbocycles. The third-order valence-electron chi connectivity index (χ3n) is 6.63. The Morgan fingerprint density at radius 1 is 1.09 bits per heavy atom. The van der Waals surface area contributed by atoms with Crippen molar-refractivity contribution in [2.24, 2.45) is 0 Å². The van der Waals surface area contributed by atoms with Crippen LogP contribution in [0, 0.1) is 6.92 Å². The van der Waals surface area contributed by atoms with Gasteiger partial charge in [0.1, 0.15) is 0 Å². The molecule has 1 aromatic heterocycles. The van der Waals surface area contributed by atoms with Crippen LogP contribution >= 0.6 is 0 Å². The van der Waals surface area contributed by atoms with Gasteiger partial charge in [-0.2, -0.15) is 4.98 Å². The SMILES string of the molecule is Cc1ccc(-c2noc(CN3CCN(C(=O)c4ccc5c(c4)C[C@H](C)N5S(C)(=O)=O)CC3)n2)cc1. The van der Waals surface area contributed by atoms with Crippen LogP contribution in [0.2, 0.25) is 0 Å². The molecule has 5 rings (SSSR count). The highest BCUT2D eigenvalue weighted by Gasteiger charge is 2.33. The van der Waals surface area contributed by atoms with Gasteiger partial charge in [-0.3, -0.25) is 14.0 Å². The van der Waals surface area contributed by atoms with Gasteiger partial charge >= 0.3 is 0 Å².